The standard InChI is InChI=1S/C36H42N2O4/c1-24(2)30-21-20-25(3)22-31(30)42-35(40)33-32(34(39)29-18-12-7-13-19-29)37(23-27-14-8-5-9-15-27)36(41)38(33)26(4)28-16-10-6-11-17-28/h5-19,24-26,30-33H,20-23H2,1-4H3. The lowest BCUT2D eigenvalue weighted by molar-refractivity contribution is -0.161. The quantitative estimate of drug-likeness (QED) is 0.201. The minimum absolute atomic E-state index is 0.208. The van der Waals surface area contributed by atoms with Gasteiger partial charge in [-0.2, -0.15) is 0 Å². The van der Waals surface area contributed by atoms with Crippen LogP contribution in [0.5, 0.6) is 0 Å². The topological polar surface area (TPSA) is 66.9 Å². The first-order chi connectivity index (χ1) is 20.3. The van der Waals surface area contributed by atoms with Crippen LogP contribution in [0.25, 0.3) is 0 Å². The molecule has 42 heavy (non-hydrogen) atoms. The summed E-state index contributed by atoms with van der Waals surface area (Å²) in [6.45, 7) is 8.67. The van der Waals surface area contributed by atoms with Crippen molar-refractivity contribution in [3.05, 3.63) is 108 Å². The van der Waals surface area contributed by atoms with Gasteiger partial charge in [0, 0.05) is 12.1 Å². The Hall–Kier alpha value is -3.93. The lowest BCUT2D eigenvalue weighted by atomic mass is 9.75. The largest absolute Gasteiger partial charge is 0.460 e. The summed E-state index contributed by atoms with van der Waals surface area (Å²) >= 11 is 0. The molecule has 6 unspecified atom stereocenters. The Kier molecular flexibility index (Phi) is 9.10. The zero-order valence-corrected chi connectivity index (χ0v) is 25.1. The molecule has 1 aliphatic carbocycles. The molecule has 1 heterocycles. The highest BCUT2D eigenvalue weighted by molar-refractivity contribution is 6.07. The van der Waals surface area contributed by atoms with E-state index in [1.165, 1.54) is 0 Å². The fraction of sp³-hybridized carbons (Fsp3) is 0.417. The zero-order chi connectivity index (χ0) is 29.8. The number of ether oxygens (including phenoxy) is 1. The van der Waals surface area contributed by atoms with Crippen molar-refractivity contribution in [1.29, 1.82) is 0 Å². The number of Topliss-reactive ketones (excluding diaryl/α,β-unsaturated/α-hetero) is 1. The van der Waals surface area contributed by atoms with Gasteiger partial charge in [0.2, 0.25) is 0 Å². The molecule has 2 fully saturated rings. The van der Waals surface area contributed by atoms with Crippen LogP contribution in [0.4, 0.5) is 4.79 Å². The van der Waals surface area contributed by atoms with Gasteiger partial charge in [-0.3, -0.25) is 4.79 Å². The highest BCUT2D eigenvalue weighted by atomic mass is 16.5. The van der Waals surface area contributed by atoms with E-state index in [0.717, 1.165) is 30.4 Å². The molecule has 6 atom stereocenters. The lowest BCUT2D eigenvalue weighted by Gasteiger charge is -2.38. The van der Waals surface area contributed by atoms with Gasteiger partial charge in [-0.1, -0.05) is 118 Å². The molecular weight excluding hydrogens is 524 g/mol. The molecule has 3 aromatic rings. The van der Waals surface area contributed by atoms with E-state index in [0.29, 0.717) is 17.4 Å². The van der Waals surface area contributed by atoms with Crippen LogP contribution in [0.15, 0.2) is 91.0 Å². The normalized spacial score (nSPS) is 25.0. The Labute approximate surface area is 249 Å². The summed E-state index contributed by atoms with van der Waals surface area (Å²) in [5, 5.41) is 0. The number of hydrogen-bond acceptors (Lipinski definition) is 4. The minimum atomic E-state index is -1.09. The minimum Gasteiger partial charge on any atom is -0.460 e. The molecule has 6 heteroatoms. The average Bonchev–Trinajstić information content (AvgIpc) is 3.29. The van der Waals surface area contributed by atoms with E-state index in [9.17, 15) is 14.4 Å². The molecule has 1 aliphatic heterocycles. The van der Waals surface area contributed by atoms with E-state index in [4.69, 9.17) is 4.74 Å². The van der Waals surface area contributed by atoms with Crippen molar-refractivity contribution < 1.29 is 19.1 Å². The van der Waals surface area contributed by atoms with Crippen LogP contribution in [0.1, 0.15) is 74.5 Å². The summed E-state index contributed by atoms with van der Waals surface area (Å²) in [6.07, 6.45) is 2.64. The predicted octanol–water partition coefficient (Wildman–Crippen LogP) is 7.31. The number of hydrogen-bond donors (Lipinski definition) is 0. The van der Waals surface area contributed by atoms with Crippen LogP contribution in [0.3, 0.4) is 0 Å². The highest BCUT2D eigenvalue weighted by Crippen LogP contribution is 2.39. The van der Waals surface area contributed by atoms with E-state index in [-0.39, 0.29) is 30.4 Å². The van der Waals surface area contributed by atoms with E-state index in [1.807, 2.05) is 73.7 Å². The summed E-state index contributed by atoms with van der Waals surface area (Å²) in [5.74, 6) is 0.281. The van der Waals surface area contributed by atoms with Crippen molar-refractivity contribution in [3.8, 4) is 0 Å². The van der Waals surface area contributed by atoms with Crippen LogP contribution in [0, 0.1) is 17.8 Å². The van der Waals surface area contributed by atoms with E-state index >= 15 is 0 Å². The SMILES string of the molecule is CC1CCC(C(C)C)C(OC(=O)C2C(C(=O)c3ccccc3)N(Cc3ccccc3)C(=O)N2C(C)c2ccccc2)C1. The summed E-state index contributed by atoms with van der Waals surface area (Å²) in [4.78, 5) is 46.3. The molecule has 0 N–H and O–H groups in total. The van der Waals surface area contributed by atoms with Crippen molar-refractivity contribution in [2.75, 3.05) is 0 Å². The first-order valence-corrected chi connectivity index (χ1v) is 15.2. The first-order valence-electron chi connectivity index (χ1n) is 15.2. The Morgan fingerprint density at radius 2 is 1.43 bits per heavy atom. The van der Waals surface area contributed by atoms with Crippen LogP contribution < -0.4 is 0 Å². The number of nitrogens with zero attached hydrogens (tertiary/aromatic N) is 2. The molecule has 5 rings (SSSR count). The molecule has 0 bridgehead atoms. The molecule has 3 aromatic carbocycles. The van der Waals surface area contributed by atoms with Gasteiger partial charge in [0.1, 0.15) is 12.1 Å². The summed E-state index contributed by atoms with van der Waals surface area (Å²) < 4.78 is 6.39. The van der Waals surface area contributed by atoms with Gasteiger partial charge >= 0.3 is 12.0 Å². The molecule has 6 nitrogen and oxygen atoms in total. The second-order valence-corrected chi connectivity index (χ2v) is 12.3. The van der Waals surface area contributed by atoms with Gasteiger partial charge in [-0.25, -0.2) is 9.59 Å². The summed E-state index contributed by atoms with van der Waals surface area (Å²) in [6, 6.07) is 25.3. The summed E-state index contributed by atoms with van der Waals surface area (Å²) in [7, 11) is 0. The monoisotopic (exact) mass is 566 g/mol. The van der Waals surface area contributed by atoms with E-state index in [2.05, 4.69) is 20.8 Å². The molecular formula is C36H42N2O4. The maximum absolute atomic E-state index is 14.4. The Morgan fingerprint density at radius 3 is 2.05 bits per heavy atom. The van der Waals surface area contributed by atoms with E-state index < -0.39 is 24.1 Å². The number of ketones is 1. The molecule has 1 saturated heterocycles. The molecule has 0 spiro atoms. The first kappa shape index (κ1) is 29.6. The van der Waals surface area contributed by atoms with Crippen molar-refractivity contribution >= 4 is 17.8 Å². The number of esters is 1. The Bertz CT molecular complexity index is 1360. The number of carbonyl (C=O) groups excluding carboxylic acids is 3. The third-order valence-electron chi connectivity index (χ3n) is 9.09. The average molecular weight is 567 g/mol. The maximum Gasteiger partial charge on any atom is 0.331 e. The van der Waals surface area contributed by atoms with Crippen molar-refractivity contribution in [2.24, 2.45) is 17.8 Å². The Balaban J connectivity index is 1.58. The molecule has 2 aliphatic rings. The van der Waals surface area contributed by atoms with Crippen LogP contribution in [-0.4, -0.2) is 45.8 Å². The lowest BCUT2D eigenvalue weighted by Crippen LogP contribution is -2.51. The van der Waals surface area contributed by atoms with Crippen molar-refractivity contribution in [2.45, 2.75) is 77.7 Å². The number of rotatable bonds is 9. The van der Waals surface area contributed by atoms with Crippen LogP contribution in [0.2, 0.25) is 0 Å². The molecule has 0 radical (unpaired) electrons. The van der Waals surface area contributed by atoms with Gasteiger partial charge in [-0.15, -0.1) is 0 Å². The smallest absolute Gasteiger partial charge is 0.331 e. The third kappa shape index (κ3) is 6.13. The van der Waals surface area contributed by atoms with E-state index in [1.54, 1.807) is 34.1 Å². The number of carbonyl (C=O) groups is 3. The number of amides is 2. The molecule has 2 amide bonds. The predicted molar refractivity (Wildman–Crippen MR) is 164 cm³/mol. The van der Waals surface area contributed by atoms with Crippen LogP contribution in [-0.2, 0) is 16.1 Å². The van der Waals surface area contributed by atoms with Gasteiger partial charge in [0.25, 0.3) is 0 Å². The number of urea groups is 1. The van der Waals surface area contributed by atoms with Crippen LogP contribution >= 0.6 is 0 Å². The Morgan fingerprint density at radius 1 is 0.833 bits per heavy atom. The fourth-order valence-corrected chi connectivity index (χ4v) is 6.72. The van der Waals surface area contributed by atoms with Gasteiger partial charge in [0.15, 0.2) is 11.8 Å². The van der Waals surface area contributed by atoms with Crippen molar-refractivity contribution in [1.82, 2.24) is 9.80 Å². The second kappa shape index (κ2) is 12.9. The zero-order valence-electron chi connectivity index (χ0n) is 25.1. The van der Waals surface area contributed by atoms with Gasteiger partial charge in [-0.05, 0) is 48.6 Å². The van der Waals surface area contributed by atoms with Gasteiger partial charge < -0.3 is 14.5 Å². The third-order valence-corrected chi connectivity index (χ3v) is 9.09. The molecule has 220 valence electrons. The van der Waals surface area contributed by atoms with Crippen molar-refractivity contribution in [3.63, 3.8) is 0 Å². The molecule has 1 saturated carbocycles. The highest BCUT2D eigenvalue weighted by Gasteiger charge is 2.55. The summed E-state index contributed by atoms with van der Waals surface area (Å²) in [5.41, 5.74) is 2.24. The molecule has 0 aromatic heterocycles. The second-order valence-electron chi connectivity index (χ2n) is 12.3. The van der Waals surface area contributed by atoms with Gasteiger partial charge in [0.05, 0.1) is 6.04 Å². The fourth-order valence-electron chi connectivity index (χ4n) is 6.72. The number of benzene rings is 3. The maximum atomic E-state index is 14.4.